The normalized spacial score (nSPS) is 10.3. The number of esters is 1. The maximum absolute atomic E-state index is 12.7. The van der Waals surface area contributed by atoms with Gasteiger partial charge in [-0.15, -0.1) is 0 Å². The third-order valence-corrected chi connectivity index (χ3v) is 3.41. The molecule has 0 atom stereocenters. The van der Waals surface area contributed by atoms with E-state index in [1.54, 1.807) is 12.1 Å². The van der Waals surface area contributed by atoms with Crippen LogP contribution < -0.4 is 9.47 Å². The average Bonchev–Trinajstić information content (AvgIpc) is 2.45. The SMILES string of the molecule is Cc1cc(OCC(=O)Oc2ccc(F)cc2)cc(C)c1Cl. The van der Waals surface area contributed by atoms with Gasteiger partial charge in [-0.3, -0.25) is 0 Å². The summed E-state index contributed by atoms with van der Waals surface area (Å²) in [6.45, 7) is 3.48. The Balaban J connectivity index is 1.93. The Bertz CT molecular complexity index is 630. The molecule has 21 heavy (non-hydrogen) atoms. The number of hydrogen-bond donors (Lipinski definition) is 0. The van der Waals surface area contributed by atoms with Crippen LogP contribution in [-0.2, 0) is 4.79 Å². The van der Waals surface area contributed by atoms with E-state index in [0.29, 0.717) is 10.8 Å². The van der Waals surface area contributed by atoms with Crippen LogP contribution in [-0.4, -0.2) is 12.6 Å². The molecule has 0 bridgehead atoms. The van der Waals surface area contributed by atoms with Crippen molar-refractivity contribution in [1.29, 1.82) is 0 Å². The molecule has 0 fully saturated rings. The molecule has 2 rings (SSSR count). The van der Waals surface area contributed by atoms with E-state index in [1.165, 1.54) is 24.3 Å². The minimum atomic E-state index is -0.563. The van der Waals surface area contributed by atoms with Crippen molar-refractivity contribution in [2.24, 2.45) is 0 Å². The molecule has 0 radical (unpaired) electrons. The van der Waals surface area contributed by atoms with Gasteiger partial charge in [-0.2, -0.15) is 0 Å². The summed E-state index contributed by atoms with van der Waals surface area (Å²) in [7, 11) is 0. The van der Waals surface area contributed by atoms with Crippen molar-refractivity contribution in [3.63, 3.8) is 0 Å². The number of halogens is 2. The van der Waals surface area contributed by atoms with Crippen LogP contribution in [0, 0.1) is 19.7 Å². The predicted octanol–water partition coefficient (Wildman–Crippen LogP) is 4.08. The number of aryl methyl sites for hydroxylation is 2. The van der Waals surface area contributed by atoms with Crippen molar-refractivity contribution in [1.82, 2.24) is 0 Å². The summed E-state index contributed by atoms with van der Waals surface area (Å²) in [6, 6.07) is 8.69. The van der Waals surface area contributed by atoms with Gasteiger partial charge in [-0.1, -0.05) is 11.6 Å². The standard InChI is InChI=1S/C16H14ClFO3/c1-10-7-14(8-11(2)16(10)17)20-9-15(19)21-13-5-3-12(18)4-6-13/h3-8H,9H2,1-2H3. The second kappa shape index (κ2) is 6.59. The first-order valence-corrected chi connectivity index (χ1v) is 6.69. The van der Waals surface area contributed by atoms with Crippen molar-refractivity contribution >= 4 is 17.6 Å². The topological polar surface area (TPSA) is 35.5 Å². The third kappa shape index (κ3) is 4.20. The highest BCUT2D eigenvalue weighted by Crippen LogP contribution is 2.25. The van der Waals surface area contributed by atoms with Gasteiger partial charge in [0.2, 0.25) is 0 Å². The van der Waals surface area contributed by atoms with Gasteiger partial charge >= 0.3 is 5.97 Å². The quantitative estimate of drug-likeness (QED) is 0.630. The summed E-state index contributed by atoms with van der Waals surface area (Å²) in [5, 5.41) is 0.677. The van der Waals surface area contributed by atoms with E-state index < -0.39 is 11.8 Å². The van der Waals surface area contributed by atoms with E-state index in [9.17, 15) is 9.18 Å². The predicted molar refractivity (Wildman–Crippen MR) is 78.5 cm³/mol. The fourth-order valence-electron chi connectivity index (χ4n) is 1.80. The molecule has 2 aromatic carbocycles. The molecule has 0 N–H and O–H groups in total. The van der Waals surface area contributed by atoms with E-state index in [0.717, 1.165) is 11.1 Å². The van der Waals surface area contributed by atoms with Crippen LogP contribution in [0.2, 0.25) is 5.02 Å². The summed E-state index contributed by atoms with van der Waals surface area (Å²) >= 11 is 6.05. The lowest BCUT2D eigenvalue weighted by atomic mass is 10.1. The van der Waals surface area contributed by atoms with Gasteiger partial charge in [0.1, 0.15) is 17.3 Å². The summed E-state index contributed by atoms with van der Waals surface area (Å²) in [6.07, 6.45) is 0. The Morgan fingerprint density at radius 3 is 2.24 bits per heavy atom. The Kier molecular flexibility index (Phi) is 4.81. The summed E-state index contributed by atoms with van der Waals surface area (Å²) in [4.78, 5) is 11.6. The minimum absolute atomic E-state index is 0.238. The Morgan fingerprint density at radius 1 is 1.10 bits per heavy atom. The van der Waals surface area contributed by atoms with Gasteiger partial charge < -0.3 is 9.47 Å². The zero-order valence-corrected chi connectivity index (χ0v) is 12.4. The molecule has 5 heteroatoms. The molecule has 3 nitrogen and oxygen atoms in total. The molecule has 0 aliphatic rings. The molecule has 0 aliphatic carbocycles. The number of carbonyl (C=O) groups excluding carboxylic acids is 1. The van der Waals surface area contributed by atoms with Gasteiger partial charge in [0.05, 0.1) is 0 Å². The molecule has 0 saturated heterocycles. The van der Waals surface area contributed by atoms with Crippen LogP contribution >= 0.6 is 11.6 Å². The van der Waals surface area contributed by atoms with E-state index >= 15 is 0 Å². The first-order chi connectivity index (χ1) is 9.95. The largest absolute Gasteiger partial charge is 0.482 e. The first kappa shape index (κ1) is 15.3. The number of hydrogen-bond acceptors (Lipinski definition) is 3. The van der Waals surface area contributed by atoms with Crippen LogP contribution in [0.1, 0.15) is 11.1 Å². The van der Waals surface area contributed by atoms with E-state index in [-0.39, 0.29) is 12.4 Å². The molecule has 0 amide bonds. The van der Waals surface area contributed by atoms with Crippen molar-refractivity contribution in [3.8, 4) is 11.5 Å². The second-order valence-corrected chi connectivity index (χ2v) is 4.97. The Hall–Kier alpha value is -2.07. The first-order valence-electron chi connectivity index (χ1n) is 6.31. The summed E-state index contributed by atoms with van der Waals surface area (Å²) < 4.78 is 23.1. The average molecular weight is 309 g/mol. The van der Waals surface area contributed by atoms with Crippen LogP contribution in [0.15, 0.2) is 36.4 Å². The molecule has 0 aliphatic heterocycles. The van der Waals surface area contributed by atoms with Gasteiger partial charge in [0.15, 0.2) is 6.61 Å². The molecular weight excluding hydrogens is 295 g/mol. The van der Waals surface area contributed by atoms with Crippen molar-refractivity contribution < 1.29 is 18.7 Å². The molecule has 110 valence electrons. The van der Waals surface area contributed by atoms with E-state index in [4.69, 9.17) is 21.1 Å². The second-order valence-electron chi connectivity index (χ2n) is 4.59. The number of ether oxygens (including phenoxy) is 2. The maximum Gasteiger partial charge on any atom is 0.349 e. The van der Waals surface area contributed by atoms with Crippen LogP contribution in [0.5, 0.6) is 11.5 Å². The van der Waals surface area contributed by atoms with Crippen molar-refractivity contribution in [2.75, 3.05) is 6.61 Å². The summed E-state index contributed by atoms with van der Waals surface area (Å²) in [5.41, 5.74) is 1.75. The molecule has 0 unspecified atom stereocenters. The third-order valence-electron chi connectivity index (χ3n) is 2.81. The number of benzene rings is 2. The van der Waals surface area contributed by atoms with E-state index in [1.807, 2.05) is 13.8 Å². The summed E-state index contributed by atoms with van der Waals surface area (Å²) in [5.74, 6) is -0.135. The molecule has 0 spiro atoms. The van der Waals surface area contributed by atoms with Crippen LogP contribution in [0.4, 0.5) is 4.39 Å². The highest BCUT2D eigenvalue weighted by molar-refractivity contribution is 6.32. The highest BCUT2D eigenvalue weighted by atomic mass is 35.5. The molecule has 0 aromatic heterocycles. The van der Waals surface area contributed by atoms with Gasteiger partial charge in [0.25, 0.3) is 0 Å². The van der Waals surface area contributed by atoms with Crippen molar-refractivity contribution in [2.45, 2.75) is 13.8 Å². The molecule has 2 aromatic rings. The highest BCUT2D eigenvalue weighted by Gasteiger charge is 2.08. The molecular formula is C16H14ClFO3. The van der Waals surface area contributed by atoms with Crippen LogP contribution in [0.3, 0.4) is 0 Å². The van der Waals surface area contributed by atoms with Gasteiger partial charge in [0, 0.05) is 5.02 Å². The number of carbonyl (C=O) groups is 1. The lowest BCUT2D eigenvalue weighted by Gasteiger charge is -2.09. The zero-order valence-electron chi connectivity index (χ0n) is 11.7. The lowest BCUT2D eigenvalue weighted by molar-refractivity contribution is -0.136. The molecule has 0 saturated carbocycles. The Labute approximate surface area is 127 Å². The maximum atomic E-state index is 12.7. The fourth-order valence-corrected chi connectivity index (χ4v) is 1.90. The number of rotatable bonds is 4. The lowest BCUT2D eigenvalue weighted by Crippen LogP contribution is -2.17. The van der Waals surface area contributed by atoms with Crippen LogP contribution in [0.25, 0.3) is 0 Å². The Morgan fingerprint density at radius 2 is 1.67 bits per heavy atom. The zero-order chi connectivity index (χ0) is 15.4. The fraction of sp³-hybridized carbons (Fsp3) is 0.188. The smallest absolute Gasteiger partial charge is 0.349 e. The molecule has 0 heterocycles. The minimum Gasteiger partial charge on any atom is -0.482 e. The van der Waals surface area contributed by atoms with Gasteiger partial charge in [-0.25, -0.2) is 9.18 Å². The monoisotopic (exact) mass is 308 g/mol. The van der Waals surface area contributed by atoms with Crippen molar-refractivity contribution in [3.05, 3.63) is 58.4 Å². The van der Waals surface area contributed by atoms with E-state index in [2.05, 4.69) is 0 Å². The van der Waals surface area contributed by atoms with Gasteiger partial charge in [-0.05, 0) is 61.4 Å².